The van der Waals surface area contributed by atoms with E-state index in [0.29, 0.717) is 16.3 Å². The molecule has 2 atom stereocenters. The van der Waals surface area contributed by atoms with Crippen molar-refractivity contribution in [1.82, 2.24) is 10.8 Å². The smallest absolute Gasteiger partial charge is 0.268 e. The summed E-state index contributed by atoms with van der Waals surface area (Å²) in [6, 6.07) is 10.7. The quantitative estimate of drug-likeness (QED) is 0.454. The van der Waals surface area contributed by atoms with E-state index in [4.69, 9.17) is 21.5 Å². The van der Waals surface area contributed by atoms with Crippen LogP contribution in [0.3, 0.4) is 0 Å². The van der Waals surface area contributed by atoms with E-state index < -0.39 is 24.0 Å². The van der Waals surface area contributed by atoms with Crippen molar-refractivity contribution >= 4 is 23.4 Å². The highest BCUT2D eigenvalue weighted by Crippen LogP contribution is 2.30. The van der Waals surface area contributed by atoms with Gasteiger partial charge in [-0.3, -0.25) is 14.8 Å². The van der Waals surface area contributed by atoms with E-state index in [1.807, 2.05) is 6.07 Å². The largest absolute Gasteiger partial charge is 0.495 e. The van der Waals surface area contributed by atoms with Crippen LogP contribution in [0, 0.1) is 0 Å². The van der Waals surface area contributed by atoms with Gasteiger partial charge in [0.25, 0.3) is 11.8 Å². The number of hydroxylamine groups is 1. The topological polar surface area (TPSA) is 108 Å². The first kappa shape index (κ1) is 19.7. The van der Waals surface area contributed by atoms with Gasteiger partial charge in [-0.2, -0.15) is 0 Å². The molecular formula is C18H19ClN2O5. The molecular weight excluding hydrogens is 360 g/mol. The number of rotatable bonds is 6. The zero-order valence-electron chi connectivity index (χ0n) is 14.2. The van der Waals surface area contributed by atoms with E-state index in [1.54, 1.807) is 36.4 Å². The van der Waals surface area contributed by atoms with Crippen LogP contribution in [0.15, 0.2) is 42.5 Å². The average molecular weight is 379 g/mol. The van der Waals surface area contributed by atoms with Crippen LogP contribution in [-0.4, -0.2) is 41.4 Å². The number of amides is 2. The first-order chi connectivity index (χ1) is 12.4. The first-order valence-electron chi connectivity index (χ1n) is 7.74. The molecule has 0 aliphatic heterocycles. The highest BCUT2D eigenvalue weighted by Gasteiger charge is 2.25. The van der Waals surface area contributed by atoms with Crippen LogP contribution in [0.25, 0.3) is 11.1 Å². The average Bonchev–Trinajstić information content (AvgIpc) is 2.65. The fraction of sp³-hybridized carbons (Fsp3) is 0.222. The Bertz CT molecular complexity index is 793. The zero-order chi connectivity index (χ0) is 19.3. The molecule has 2 aromatic rings. The van der Waals surface area contributed by atoms with Gasteiger partial charge in [0.05, 0.1) is 18.2 Å². The van der Waals surface area contributed by atoms with Gasteiger partial charge in [-0.05, 0) is 42.3 Å². The van der Waals surface area contributed by atoms with Crippen LogP contribution in [0.2, 0.25) is 5.02 Å². The molecule has 0 aliphatic rings. The number of hydrogen-bond donors (Lipinski definition) is 4. The Balaban J connectivity index is 2.17. The molecule has 0 heterocycles. The highest BCUT2D eigenvalue weighted by molar-refractivity contribution is 6.32. The molecule has 0 bridgehead atoms. The van der Waals surface area contributed by atoms with Gasteiger partial charge in [0.1, 0.15) is 11.8 Å². The molecule has 7 nitrogen and oxygen atoms in total. The number of hydrogen-bond acceptors (Lipinski definition) is 5. The number of ether oxygens (including phenoxy) is 1. The normalized spacial score (nSPS) is 12.8. The lowest BCUT2D eigenvalue weighted by Crippen LogP contribution is -2.51. The Morgan fingerprint density at radius 2 is 1.73 bits per heavy atom. The molecule has 0 fully saturated rings. The number of benzene rings is 2. The lowest BCUT2D eigenvalue weighted by molar-refractivity contribution is -0.133. The summed E-state index contributed by atoms with van der Waals surface area (Å²) in [6.07, 6.45) is -1.17. The molecule has 1 unspecified atom stereocenters. The highest BCUT2D eigenvalue weighted by atomic mass is 35.5. The summed E-state index contributed by atoms with van der Waals surface area (Å²) in [5.41, 5.74) is 3.40. The van der Waals surface area contributed by atoms with Gasteiger partial charge >= 0.3 is 0 Å². The second-order valence-electron chi connectivity index (χ2n) is 5.59. The van der Waals surface area contributed by atoms with E-state index in [2.05, 4.69) is 5.32 Å². The Hall–Kier alpha value is -2.61. The third kappa shape index (κ3) is 4.51. The summed E-state index contributed by atoms with van der Waals surface area (Å²) in [7, 11) is 1.53. The van der Waals surface area contributed by atoms with Crippen LogP contribution >= 0.6 is 11.6 Å². The van der Waals surface area contributed by atoms with Gasteiger partial charge < -0.3 is 15.2 Å². The molecule has 8 heteroatoms. The third-order valence-electron chi connectivity index (χ3n) is 3.79. The van der Waals surface area contributed by atoms with Crippen molar-refractivity contribution in [2.75, 3.05) is 7.11 Å². The monoisotopic (exact) mass is 378 g/mol. The van der Waals surface area contributed by atoms with E-state index in [9.17, 15) is 14.7 Å². The number of aliphatic hydroxyl groups excluding tert-OH is 1. The summed E-state index contributed by atoms with van der Waals surface area (Å²) < 4.78 is 5.12. The van der Waals surface area contributed by atoms with E-state index >= 15 is 0 Å². The molecule has 0 aliphatic carbocycles. The molecule has 0 aromatic heterocycles. The SMILES string of the molecule is COc1ccc(-c2ccc(C(=O)N[C@H](C(=O)NO)C(C)O)cc2)cc1Cl. The second-order valence-corrected chi connectivity index (χ2v) is 6.00. The Morgan fingerprint density at radius 1 is 1.12 bits per heavy atom. The van der Waals surface area contributed by atoms with E-state index in [-0.39, 0.29) is 0 Å². The van der Waals surface area contributed by atoms with Gasteiger partial charge in [-0.1, -0.05) is 29.8 Å². The molecule has 0 spiro atoms. The number of carbonyl (C=O) groups excluding carboxylic acids is 2. The van der Waals surface area contributed by atoms with Crippen molar-refractivity contribution in [2.24, 2.45) is 0 Å². The third-order valence-corrected chi connectivity index (χ3v) is 4.09. The predicted molar refractivity (Wildman–Crippen MR) is 96.3 cm³/mol. The van der Waals surface area contributed by atoms with Crippen molar-refractivity contribution in [3.63, 3.8) is 0 Å². The number of halogens is 1. The van der Waals surface area contributed by atoms with Crippen molar-refractivity contribution in [3.8, 4) is 16.9 Å². The molecule has 0 radical (unpaired) electrons. The zero-order valence-corrected chi connectivity index (χ0v) is 14.9. The molecule has 0 saturated carbocycles. The Morgan fingerprint density at radius 3 is 2.23 bits per heavy atom. The first-order valence-corrected chi connectivity index (χ1v) is 8.12. The summed E-state index contributed by atoms with van der Waals surface area (Å²) in [5.74, 6) is -0.894. The maximum atomic E-state index is 12.2. The van der Waals surface area contributed by atoms with E-state index in [0.717, 1.165) is 11.1 Å². The maximum Gasteiger partial charge on any atom is 0.268 e. The van der Waals surface area contributed by atoms with Gasteiger partial charge in [0.15, 0.2) is 0 Å². The van der Waals surface area contributed by atoms with Gasteiger partial charge in [0.2, 0.25) is 0 Å². The van der Waals surface area contributed by atoms with Crippen LogP contribution in [-0.2, 0) is 4.79 Å². The summed E-state index contributed by atoms with van der Waals surface area (Å²) >= 11 is 6.12. The van der Waals surface area contributed by atoms with Crippen molar-refractivity contribution < 1.29 is 24.6 Å². The number of methoxy groups -OCH3 is 1. The fourth-order valence-corrected chi connectivity index (χ4v) is 2.62. The molecule has 138 valence electrons. The molecule has 26 heavy (non-hydrogen) atoms. The molecule has 2 rings (SSSR count). The lowest BCUT2D eigenvalue weighted by atomic mass is 10.0. The summed E-state index contributed by atoms with van der Waals surface area (Å²) in [4.78, 5) is 23.7. The number of nitrogens with one attached hydrogen (secondary N) is 2. The Kier molecular flexibility index (Phi) is 6.57. The summed E-state index contributed by atoms with van der Waals surface area (Å²) in [5, 5.41) is 21.1. The van der Waals surface area contributed by atoms with Crippen molar-refractivity contribution in [3.05, 3.63) is 53.1 Å². The van der Waals surface area contributed by atoms with Gasteiger partial charge in [-0.25, -0.2) is 5.48 Å². The second kappa shape index (κ2) is 8.66. The lowest BCUT2D eigenvalue weighted by Gasteiger charge is -2.19. The van der Waals surface area contributed by atoms with Crippen LogP contribution in [0.1, 0.15) is 17.3 Å². The van der Waals surface area contributed by atoms with Crippen LogP contribution in [0.4, 0.5) is 0 Å². The Labute approximate surface area is 155 Å². The molecule has 4 N–H and O–H groups in total. The molecule has 0 saturated heterocycles. The molecule has 2 aromatic carbocycles. The fourth-order valence-electron chi connectivity index (χ4n) is 2.36. The standard InChI is InChI=1S/C18H19ClN2O5/c1-10(22)16(18(24)21-25)20-17(23)12-5-3-11(4-6-12)13-7-8-15(26-2)14(19)9-13/h3-10,16,22,25H,1-2H3,(H,20,23)(H,21,24)/t10?,16-/m0/s1. The number of carbonyl (C=O) groups is 2. The number of aliphatic hydroxyl groups is 1. The van der Waals surface area contributed by atoms with Crippen molar-refractivity contribution in [2.45, 2.75) is 19.1 Å². The minimum atomic E-state index is -1.27. The van der Waals surface area contributed by atoms with E-state index in [1.165, 1.54) is 19.5 Å². The summed E-state index contributed by atoms with van der Waals surface area (Å²) in [6.45, 7) is 1.33. The minimum absolute atomic E-state index is 0.296. The van der Waals surface area contributed by atoms with Gasteiger partial charge in [0, 0.05) is 5.56 Å². The molecule has 2 amide bonds. The maximum absolute atomic E-state index is 12.2. The van der Waals surface area contributed by atoms with Crippen LogP contribution < -0.4 is 15.5 Å². The van der Waals surface area contributed by atoms with Crippen molar-refractivity contribution in [1.29, 1.82) is 0 Å². The minimum Gasteiger partial charge on any atom is -0.495 e. The van der Waals surface area contributed by atoms with Gasteiger partial charge in [-0.15, -0.1) is 0 Å². The predicted octanol–water partition coefficient (Wildman–Crippen LogP) is 2.00. The van der Waals surface area contributed by atoms with Crippen LogP contribution in [0.5, 0.6) is 5.75 Å².